The van der Waals surface area contributed by atoms with Crippen molar-refractivity contribution in [1.29, 1.82) is 0 Å². The lowest BCUT2D eigenvalue weighted by Crippen LogP contribution is -2.37. The van der Waals surface area contributed by atoms with Crippen LogP contribution in [0, 0.1) is 0 Å². The number of rotatable bonds is 9. The van der Waals surface area contributed by atoms with Gasteiger partial charge in [-0.15, -0.1) is 0 Å². The van der Waals surface area contributed by atoms with Gasteiger partial charge in [0.2, 0.25) is 5.91 Å². The zero-order chi connectivity index (χ0) is 33.0. The van der Waals surface area contributed by atoms with Gasteiger partial charge < -0.3 is 19.5 Å². The Hall–Kier alpha value is -4.36. The zero-order valence-corrected chi connectivity index (χ0v) is 28.0. The average molecular weight is 664 g/mol. The molecule has 2 saturated heterocycles. The van der Waals surface area contributed by atoms with Crippen LogP contribution in [-0.4, -0.2) is 42.4 Å². The molecule has 7 nitrogen and oxygen atoms in total. The molecular weight excluding hydrogens is 622 g/mol. The highest BCUT2D eigenvalue weighted by Gasteiger charge is 2.25. The molecule has 3 aromatic carbocycles. The van der Waals surface area contributed by atoms with Crippen LogP contribution < -0.4 is 15.6 Å². The van der Waals surface area contributed by atoms with Gasteiger partial charge in [-0.05, 0) is 91.5 Å². The summed E-state index contributed by atoms with van der Waals surface area (Å²) in [5.74, 6) is 0.329. The molecule has 1 saturated carbocycles. The molecule has 0 spiro atoms. The number of piperidine rings is 1. The molecule has 0 bridgehead atoms. The summed E-state index contributed by atoms with van der Waals surface area (Å²) in [5.41, 5.74) is 6.10. The van der Waals surface area contributed by atoms with Crippen LogP contribution in [0.15, 0.2) is 93.7 Å². The summed E-state index contributed by atoms with van der Waals surface area (Å²) in [6.07, 6.45) is 10.8. The first-order chi connectivity index (χ1) is 23.4. The molecule has 8 heteroatoms. The number of benzene rings is 3. The minimum atomic E-state index is -0.410. The van der Waals surface area contributed by atoms with Gasteiger partial charge in [-0.25, -0.2) is 0 Å². The Morgan fingerprint density at radius 2 is 1.69 bits per heavy atom. The molecule has 2 amide bonds. The Balaban J connectivity index is 1.07. The number of carbonyl (C=O) groups excluding carboxylic acids is 2. The van der Waals surface area contributed by atoms with Gasteiger partial charge in [0, 0.05) is 49.4 Å². The number of para-hydroxylation sites is 1. The van der Waals surface area contributed by atoms with E-state index in [1.54, 1.807) is 0 Å². The molecule has 4 aromatic rings. The molecule has 1 aliphatic carbocycles. The Bertz CT molecular complexity index is 1880. The lowest BCUT2D eigenvalue weighted by atomic mass is 9.96. The molecule has 7 rings (SSSR count). The zero-order valence-electron chi connectivity index (χ0n) is 27.3. The maximum absolute atomic E-state index is 13.6. The number of likely N-dealkylation sites (tertiary alicyclic amines) is 1. The third-order valence-electron chi connectivity index (χ3n) is 10.2. The van der Waals surface area contributed by atoms with Gasteiger partial charge in [0.05, 0.1) is 11.4 Å². The van der Waals surface area contributed by atoms with Crippen molar-refractivity contribution in [2.45, 2.75) is 76.3 Å². The molecule has 3 fully saturated rings. The predicted octanol–water partition coefficient (Wildman–Crippen LogP) is 7.79. The second-order valence-electron chi connectivity index (χ2n) is 13.5. The van der Waals surface area contributed by atoms with Gasteiger partial charge in [0.1, 0.15) is 5.58 Å². The lowest BCUT2D eigenvalue weighted by molar-refractivity contribution is -0.128. The summed E-state index contributed by atoms with van der Waals surface area (Å²) in [6.45, 7) is 3.17. The van der Waals surface area contributed by atoms with Gasteiger partial charge in [-0.2, -0.15) is 0 Å². The SMILES string of the molecule is O=C(N[C@@H](C=C1CCN(c2ccccc2CN2CCCC2=O)CC1)Cc1ccc(Cl)cc1)c1cc(=O)c2cc(C3CCCC3)ccc2o1. The normalized spacial score (nSPS) is 17.7. The number of fused-ring (bicyclic) bond motifs is 1. The number of hydrogen-bond donors (Lipinski definition) is 1. The summed E-state index contributed by atoms with van der Waals surface area (Å²) >= 11 is 6.16. The van der Waals surface area contributed by atoms with Gasteiger partial charge in [-0.1, -0.05) is 72.5 Å². The van der Waals surface area contributed by atoms with E-state index in [4.69, 9.17) is 16.0 Å². The predicted molar refractivity (Wildman–Crippen MR) is 191 cm³/mol. The molecule has 1 N–H and O–H groups in total. The summed E-state index contributed by atoms with van der Waals surface area (Å²) < 4.78 is 6.03. The van der Waals surface area contributed by atoms with Crippen LogP contribution in [0.2, 0.25) is 5.02 Å². The van der Waals surface area contributed by atoms with Gasteiger partial charge >= 0.3 is 0 Å². The Morgan fingerprint density at radius 1 is 0.917 bits per heavy atom. The minimum absolute atomic E-state index is 0.0172. The highest BCUT2D eigenvalue weighted by Crippen LogP contribution is 2.35. The highest BCUT2D eigenvalue weighted by atomic mass is 35.5. The molecule has 48 heavy (non-hydrogen) atoms. The van der Waals surface area contributed by atoms with Crippen molar-refractivity contribution in [1.82, 2.24) is 10.2 Å². The van der Waals surface area contributed by atoms with Gasteiger partial charge in [0.25, 0.3) is 5.91 Å². The first kappa shape index (κ1) is 32.2. The molecule has 2 aliphatic heterocycles. The largest absolute Gasteiger partial charge is 0.451 e. The number of nitrogens with zero attached hydrogens (tertiary/aromatic N) is 2. The van der Waals surface area contributed by atoms with E-state index in [-0.39, 0.29) is 23.1 Å². The van der Waals surface area contributed by atoms with E-state index in [1.807, 2.05) is 53.4 Å². The maximum Gasteiger partial charge on any atom is 0.287 e. The fourth-order valence-corrected chi connectivity index (χ4v) is 7.71. The van der Waals surface area contributed by atoms with E-state index in [0.717, 1.165) is 57.3 Å². The fraction of sp³-hybridized carbons (Fsp3) is 0.375. The van der Waals surface area contributed by atoms with Crippen LogP contribution in [0.5, 0.6) is 0 Å². The molecular formula is C40H42ClN3O4. The van der Waals surface area contributed by atoms with Crippen LogP contribution in [0.3, 0.4) is 0 Å². The number of halogens is 1. The summed E-state index contributed by atoms with van der Waals surface area (Å²) in [4.78, 5) is 43.5. The van der Waals surface area contributed by atoms with Crippen molar-refractivity contribution < 1.29 is 14.0 Å². The van der Waals surface area contributed by atoms with Crippen molar-refractivity contribution in [3.8, 4) is 0 Å². The summed E-state index contributed by atoms with van der Waals surface area (Å²) in [5, 5.41) is 4.34. The number of amides is 2. The van der Waals surface area contributed by atoms with E-state index in [0.29, 0.717) is 41.3 Å². The number of anilines is 1. The number of nitrogens with one attached hydrogen (secondary N) is 1. The Kier molecular flexibility index (Phi) is 9.66. The molecule has 248 valence electrons. The van der Waals surface area contributed by atoms with E-state index in [1.165, 1.54) is 41.3 Å². The second-order valence-corrected chi connectivity index (χ2v) is 13.9. The monoisotopic (exact) mass is 663 g/mol. The van der Waals surface area contributed by atoms with E-state index >= 15 is 0 Å². The van der Waals surface area contributed by atoms with E-state index < -0.39 is 5.91 Å². The smallest absolute Gasteiger partial charge is 0.287 e. The lowest BCUT2D eigenvalue weighted by Gasteiger charge is -2.33. The third-order valence-corrected chi connectivity index (χ3v) is 10.4. The van der Waals surface area contributed by atoms with Crippen molar-refractivity contribution in [3.63, 3.8) is 0 Å². The van der Waals surface area contributed by atoms with Crippen LogP contribution in [0.25, 0.3) is 11.0 Å². The number of carbonyl (C=O) groups is 2. The molecule has 3 heterocycles. The number of hydrogen-bond acceptors (Lipinski definition) is 5. The fourth-order valence-electron chi connectivity index (χ4n) is 7.58. The molecule has 1 aromatic heterocycles. The van der Waals surface area contributed by atoms with Crippen molar-refractivity contribution in [2.75, 3.05) is 24.5 Å². The topological polar surface area (TPSA) is 82.9 Å². The molecule has 3 aliphatic rings. The van der Waals surface area contributed by atoms with Gasteiger partial charge in [-0.3, -0.25) is 14.4 Å². The first-order valence-electron chi connectivity index (χ1n) is 17.3. The van der Waals surface area contributed by atoms with Crippen molar-refractivity contribution >= 4 is 40.1 Å². The van der Waals surface area contributed by atoms with Crippen molar-refractivity contribution in [3.05, 3.63) is 122 Å². The molecule has 0 radical (unpaired) electrons. The molecule has 0 unspecified atom stereocenters. The second kappa shape index (κ2) is 14.4. The van der Waals surface area contributed by atoms with Crippen LogP contribution in [0.4, 0.5) is 5.69 Å². The first-order valence-corrected chi connectivity index (χ1v) is 17.7. The summed E-state index contributed by atoms with van der Waals surface area (Å²) in [7, 11) is 0. The minimum Gasteiger partial charge on any atom is -0.451 e. The van der Waals surface area contributed by atoms with Crippen LogP contribution >= 0.6 is 11.6 Å². The van der Waals surface area contributed by atoms with Crippen LogP contribution in [-0.2, 0) is 17.8 Å². The van der Waals surface area contributed by atoms with Gasteiger partial charge in [0.15, 0.2) is 11.2 Å². The summed E-state index contributed by atoms with van der Waals surface area (Å²) in [6, 6.07) is 22.9. The highest BCUT2D eigenvalue weighted by molar-refractivity contribution is 6.30. The Morgan fingerprint density at radius 3 is 2.44 bits per heavy atom. The molecule has 1 atom stereocenters. The maximum atomic E-state index is 13.6. The average Bonchev–Trinajstić information content (AvgIpc) is 3.79. The third kappa shape index (κ3) is 7.36. The van der Waals surface area contributed by atoms with E-state index in [9.17, 15) is 14.4 Å². The Labute approximate surface area is 286 Å². The van der Waals surface area contributed by atoms with Crippen molar-refractivity contribution in [2.24, 2.45) is 0 Å². The quantitative estimate of drug-likeness (QED) is 0.185. The van der Waals surface area contributed by atoms with E-state index in [2.05, 4.69) is 34.5 Å². The standard InChI is InChI=1S/C40H42ClN3O4/c41-32-14-11-27(12-15-32)22-33(42-40(47)38-25-36(45)34-24-30(13-16-37(34)48-38)29-6-1-2-7-29)23-28-17-20-43(21-18-28)35-9-4-3-8-31(35)26-44-19-5-10-39(44)46/h3-4,8-9,11-16,23-25,29,33H,1-2,5-7,10,17-22,26H2,(H,42,47)/t33-/m1/s1. The van der Waals surface area contributed by atoms with Crippen LogP contribution in [0.1, 0.15) is 84.5 Å².